The fourth-order valence-corrected chi connectivity index (χ4v) is 1.07. The number of carbonyl (C=O) groups excluding carboxylic acids is 1. The van der Waals surface area contributed by atoms with E-state index in [9.17, 15) is 4.79 Å². The highest BCUT2D eigenvalue weighted by Crippen LogP contribution is 2.30. The minimum Gasteiger partial charge on any atom is -0.300 e. The number of hydrogen-bond donors (Lipinski definition) is 0. The van der Waals surface area contributed by atoms with E-state index in [0.717, 1.165) is 12.8 Å². The number of halogens is 3. The van der Waals surface area contributed by atoms with Gasteiger partial charge in [-0.15, -0.1) is 11.6 Å². The van der Waals surface area contributed by atoms with Crippen molar-refractivity contribution in [3.8, 4) is 0 Å². The summed E-state index contributed by atoms with van der Waals surface area (Å²) in [6.07, 6.45) is 3.10. The molecule has 0 aromatic rings. The van der Waals surface area contributed by atoms with Crippen molar-refractivity contribution in [2.24, 2.45) is 0 Å². The highest BCUT2D eigenvalue weighted by Gasteiger charge is 2.32. The van der Waals surface area contributed by atoms with Gasteiger partial charge in [-0.1, -0.05) is 43.0 Å². The fourth-order valence-electron chi connectivity index (χ4n) is 0.650. The first-order valence-corrected chi connectivity index (χ1v) is 4.72. The summed E-state index contributed by atoms with van der Waals surface area (Å²) in [6, 6.07) is 0. The van der Waals surface area contributed by atoms with Crippen LogP contribution in [0.1, 0.15) is 26.2 Å². The number of unbranched alkanes of at least 4 members (excludes halogenated alkanes) is 1. The van der Waals surface area contributed by atoms with Crippen molar-refractivity contribution >= 4 is 41.1 Å². The van der Waals surface area contributed by atoms with Gasteiger partial charge in [0, 0.05) is 0 Å². The van der Waals surface area contributed by atoms with E-state index in [4.69, 9.17) is 34.8 Å². The second kappa shape index (κ2) is 5.23. The lowest BCUT2D eigenvalue weighted by Gasteiger charge is -2.17. The molecule has 11 heavy (non-hydrogen) atoms. The summed E-state index contributed by atoms with van der Waals surface area (Å²) < 4.78 is -1.42. The van der Waals surface area contributed by atoms with E-state index in [1.165, 1.54) is 0 Å². The van der Waals surface area contributed by atoms with E-state index < -0.39 is 9.71 Å². The lowest BCUT2D eigenvalue weighted by atomic mass is 10.1. The molecule has 0 rings (SSSR count). The van der Waals surface area contributed by atoms with Gasteiger partial charge < -0.3 is 0 Å². The van der Waals surface area contributed by atoms with E-state index in [0.29, 0.717) is 12.7 Å². The maximum Gasteiger partial charge on any atom is 0.189 e. The lowest BCUT2D eigenvalue weighted by Crippen LogP contribution is -2.27. The first-order valence-electron chi connectivity index (χ1n) is 3.52. The summed E-state index contributed by atoms with van der Waals surface area (Å²) in [6.45, 7) is 2.04. The zero-order valence-electron chi connectivity index (χ0n) is 6.32. The zero-order chi connectivity index (χ0) is 8.91. The van der Waals surface area contributed by atoms with Crippen LogP contribution in [-0.4, -0.2) is 16.0 Å². The molecule has 0 amide bonds. The van der Waals surface area contributed by atoms with Gasteiger partial charge in [-0.3, -0.25) is 4.79 Å². The standard InChI is InChI=1S/C7H11Cl3O/c1-2-3-4-6(8)7(9,10)5-11/h5-6H,2-4H2,1H3. The molecular formula is C7H11Cl3O. The van der Waals surface area contributed by atoms with Crippen LogP contribution in [0.4, 0.5) is 0 Å². The third-order valence-electron chi connectivity index (χ3n) is 1.39. The molecule has 4 heteroatoms. The van der Waals surface area contributed by atoms with Crippen LogP contribution in [0.15, 0.2) is 0 Å². The first kappa shape index (κ1) is 11.5. The van der Waals surface area contributed by atoms with Crippen molar-refractivity contribution in [2.45, 2.75) is 35.9 Å². The van der Waals surface area contributed by atoms with Crippen molar-refractivity contribution in [3.05, 3.63) is 0 Å². The van der Waals surface area contributed by atoms with E-state index >= 15 is 0 Å². The van der Waals surface area contributed by atoms with Crippen LogP contribution < -0.4 is 0 Å². The van der Waals surface area contributed by atoms with Crippen molar-refractivity contribution in [3.63, 3.8) is 0 Å². The van der Waals surface area contributed by atoms with Crippen LogP contribution in [-0.2, 0) is 4.79 Å². The monoisotopic (exact) mass is 216 g/mol. The topological polar surface area (TPSA) is 17.1 Å². The average Bonchev–Trinajstić information content (AvgIpc) is 2.00. The van der Waals surface area contributed by atoms with Gasteiger partial charge in [0.05, 0.1) is 5.38 Å². The smallest absolute Gasteiger partial charge is 0.189 e. The molecular weight excluding hydrogens is 206 g/mol. The molecule has 0 heterocycles. The quantitative estimate of drug-likeness (QED) is 0.511. The Hall–Kier alpha value is 0.540. The molecule has 0 aliphatic rings. The third-order valence-corrected chi connectivity index (χ3v) is 2.88. The second-order valence-electron chi connectivity index (χ2n) is 2.40. The number of rotatable bonds is 5. The van der Waals surface area contributed by atoms with E-state index in [2.05, 4.69) is 0 Å². The predicted molar refractivity (Wildman–Crippen MR) is 49.7 cm³/mol. The SMILES string of the molecule is CCCCC(Cl)C(Cl)(Cl)C=O. The van der Waals surface area contributed by atoms with Crippen LogP contribution in [0.25, 0.3) is 0 Å². The molecule has 0 aromatic heterocycles. The molecule has 0 aliphatic carbocycles. The second-order valence-corrected chi connectivity index (χ2v) is 4.37. The Morgan fingerprint density at radius 3 is 2.45 bits per heavy atom. The number of carbonyl (C=O) groups is 1. The highest BCUT2D eigenvalue weighted by molar-refractivity contribution is 6.59. The summed E-state index contributed by atoms with van der Waals surface area (Å²) in [7, 11) is 0. The number of alkyl halides is 3. The minimum atomic E-state index is -1.42. The van der Waals surface area contributed by atoms with Crippen LogP contribution >= 0.6 is 34.8 Å². The summed E-state index contributed by atoms with van der Waals surface area (Å²) >= 11 is 16.9. The van der Waals surface area contributed by atoms with E-state index in [1.54, 1.807) is 0 Å². The Morgan fingerprint density at radius 1 is 1.55 bits per heavy atom. The molecule has 0 saturated carbocycles. The molecule has 1 nitrogen and oxygen atoms in total. The van der Waals surface area contributed by atoms with Crippen LogP contribution in [0.2, 0.25) is 0 Å². The summed E-state index contributed by atoms with van der Waals surface area (Å²) in [5, 5.41) is -0.483. The average molecular weight is 218 g/mol. The van der Waals surface area contributed by atoms with Gasteiger partial charge in [-0.05, 0) is 6.42 Å². The molecule has 0 radical (unpaired) electrons. The molecule has 1 atom stereocenters. The summed E-state index contributed by atoms with van der Waals surface area (Å²) in [5.74, 6) is 0. The van der Waals surface area contributed by atoms with Gasteiger partial charge in [0.25, 0.3) is 0 Å². The van der Waals surface area contributed by atoms with Gasteiger partial charge in [0.15, 0.2) is 10.6 Å². The Morgan fingerprint density at radius 2 is 2.09 bits per heavy atom. The molecule has 0 aromatic carbocycles. The number of hydrogen-bond acceptors (Lipinski definition) is 1. The summed E-state index contributed by atoms with van der Waals surface area (Å²) in [4.78, 5) is 10.3. The maximum absolute atomic E-state index is 10.3. The van der Waals surface area contributed by atoms with Crippen molar-refractivity contribution in [2.75, 3.05) is 0 Å². The Kier molecular flexibility index (Phi) is 5.49. The number of aldehydes is 1. The van der Waals surface area contributed by atoms with E-state index in [-0.39, 0.29) is 0 Å². The third kappa shape index (κ3) is 4.19. The molecule has 0 aliphatic heterocycles. The van der Waals surface area contributed by atoms with Crippen molar-refractivity contribution in [1.29, 1.82) is 0 Å². The van der Waals surface area contributed by atoms with Crippen LogP contribution in [0.3, 0.4) is 0 Å². The Balaban J connectivity index is 3.80. The first-order chi connectivity index (χ1) is 5.04. The summed E-state index contributed by atoms with van der Waals surface area (Å²) in [5.41, 5.74) is 0. The molecule has 0 N–H and O–H groups in total. The zero-order valence-corrected chi connectivity index (χ0v) is 8.59. The van der Waals surface area contributed by atoms with Crippen molar-refractivity contribution in [1.82, 2.24) is 0 Å². The fraction of sp³-hybridized carbons (Fsp3) is 0.857. The predicted octanol–water partition coefficient (Wildman–Crippen LogP) is 3.16. The van der Waals surface area contributed by atoms with Gasteiger partial charge >= 0.3 is 0 Å². The Labute approximate surface area is 82.0 Å². The minimum absolute atomic E-state index is 0.476. The van der Waals surface area contributed by atoms with Gasteiger partial charge in [-0.25, -0.2) is 0 Å². The van der Waals surface area contributed by atoms with Gasteiger partial charge in [0.1, 0.15) is 0 Å². The molecule has 0 bridgehead atoms. The molecule has 0 saturated heterocycles. The Bertz CT molecular complexity index is 125. The maximum atomic E-state index is 10.3. The van der Waals surface area contributed by atoms with Crippen LogP contribution in [0, 0.1) is 0 Å². The van der Waals surface area contributed by atoms with Crippen molar-refractivity contribution < 1.29 is 4.79 Å². The van der Waals surface area contributed by atoms with Crippen LogP contribution in [0.5, 0.6) is 0 Å². The van der Waals surface area contributed by atoms with E-state index in [1.807, 2.05) is 6.92 Å². The lowest BCUT2D eigenvalue weighted by molar-refractivity contribution is -0.108. The largest absolute Gasteiger partial charge is 0.300 e. The molecule has 0 fully saturated rings. The normalized spacial score (nSPS) is 14.5. The highest BCUT2D eigenvalue weighted by atomic mass is 35.5. The van der Waals surface area contributed by atoms with Gasteiger partial charge in [0.2, 0.25) is 0 Å². The molecule has 1 unspecified atom stereocenters. The molecule has 66 valence electrons. The van der Waals surface area contributed by atoms with Gasteiger partial charge in [-0.2, -0.15) is 0 Å². The molecule has 0 spiro atoms.